The number of ether oxygens (including phenoxy) is 2. The number of thiazole rings is 1. The molecule has 6 heteroatoms. The average molecular weight is 431 g/mol. The summed E-state index contributed by atoms with van der Waals surface area (Å²) in [4.78, 5) is 17.8. The molecule has 1 N–H and O–H groups in total. The summed E-state index contributed by atoms with van der Waals surface area (Å²) in [7, 11) is 1.63. The first-order chi connectivity index (χ1) is 15.2. The third-order valence-corrected chi connectivity index (χ3v) is 5.58. The second kappa shape index (κ2) is 9.45. The Morgan fingerprint density at radius 1 is 1.03 bits per heavy atom. The molecule has 0 fully saturated rings. The minimum atomic E-state index is -0.217. The van der Waals surface area contributed by atoms with E-state index in [0.29, 0.717) is 17.3 Å². The largest absolute Gasteiger partial charge is 0.497 e. The van der Waals surface area contributed by atoms with Crippen molar-refractivity contribution >= 4 is 44.2 Å². The Kier molecular flexibility index (Phi) is 6.29. The Hall–Kier alpha value is -3.64. The zero-order chi connectivity index (χ0) is 21.6. The third kappa shape index (κ3) is 4.92. The molecule has 4 rings (SSSR count). The minimum Gasteiger partial charge on any atom is -0.497 e. The van der Waals surface area contributed by atoms with Gasteiger partial charge in [0.1, 0.15) is 11.5 Å². The zero-order valence-corrected chi connectivity index (χ0v) is 18.1. The fourth-order valence-electron chi connectivity index (χ4n) is 3.14. The maximum absolute atomic E-state index is 13.2. The van der Waals surface area contributed by atoms with E-state index < -0.39 is 0 Å². The molecule has 156 valence electrons. The van der Waals surface area contributed by atoms with Crippen LogP contribution in [0.15, 0.2) is 72.8 Å². The molecule has 0 saturated heterocycles. The van der Waals surface area contributed by atoms with Crippen LogP contribution in [0.3, 0.4) is 0 Å². The van der Waals surface area contributed by atoms with Crippen molar-refractivity contribution in [1.29, 1.82) is 0 Å². The summed E-state index contributed by atoms with van der Waals surface area (Å²) in [6.45, 7) is 2.55. The fourth-order valence-corrected chi connectivity index (χ4v) is 4.03. The lowest BCUT2D eigenvalue weighted by molar-refractivity contribution is -0.111. The van der Waals surface area contributed by atoms with Crippen LogP contribution in [0.5, 0.6) is 11.5 Å². The van der Waals surface area contributed by atoms with Crippen LogP contribution in [0.2, 0.25) is 0 Å². The Bertz CT molecular complexity index is 1210. The van der Waals surface area contributed by atoms with E-state index in [9.17, 15) is 4.79 Å². The van der Waals surface area contributed by atoms with E-state index in [2.05, 4.69) is 10.3 Å². The van der Waals surface area contributed by atoms with E-state index in [4.69, 9.17) is 9.47 Å². The van der Waals surface area contributed by atoms with Crippen molar-refractivity contribution in [3.8, 4) is 11.5 Å². The number of aromatic nitrogens is 1. The first-order valence-electron chi connectivity index (χ1n) is 9.92. The average Bonchev–Trinajstić information content (AvgIpc) is 3.20. The van der Waals surface area contributed by atoms with Crippen molar-refractivity contribution in [1.82, 2.24) is 4.98 Å². The molecule has 0 bridgehead atoms. The number of nitrogens with zero attached hydrogens (tertiary/aromatic N) is 1. The SMILES string of the molecule is CCOc1ccc2nc(NC(=O)/C(=C/c3ccc(OC)cc3)c3ccccc3)sc2c1. The lowest BCUT2D eigenvalue weighted by Crippen LogP contribution is -2.13. The van der Waals surface area contributed by atoms with E-state index in [1.165, 1.54) is 11.3 Å². The molecule has 0 unspecified atom stereocenters. The summed E-state index contributed by atoms with van der Waals surface area (Å²) >= 11 is 1.42. The van der Waals surface area contributed by atoms with Gasteiger partial charge in [-0.05, 0) is 54.5 Å². The van der Waals surface area contributed by atoms with Crippen LogP contribution in [-0.2, 0) is 4.79 Å². The summed E-state index contributed by atoms with van der Waals surface area (Å²) in [6.07, 6.45) is 1.87. The van der Waals surface area contributed by atoms with Gasteiger partial charge in [0.05, 0.1) is 23.9 Å². The van der Waals surface area contributed by atoms with Gasteiger partial charge < -0.3 is 9.47 Å². The monoisotopic (exact) mass is 430 g/mol. The molecule has 0 aliphatic heterocycles. The van der Waals surface area contributed by atoms with Crippen molar-refractivity contribution in [3.05, 3.63) is 83.9 Å². The van der Waals surface area contributed by atoms with Crippen LogP contribution in [0.25, 0.3) is 21.9 Å². The lowest BCUT2D eigenvalue weighted by atomic mass is 10.0. The summed E-state index contributed by atoms with van der Waals surface area (Å²) in [5, 5.41) is 3.51. The summed E-state index contributed by atoms with van der Waals surface area (Å²) < 4.78 is 11.7. The molecule has 4 aromatic rings. The molecule has 0 saturated carbocycles. The number of nitrogens with one attached hydrogen (secondary N) is 1. The number of benzene rings is 3. The van der Waals surface area contributed by atoms with Gasteiger partial charge in [0, 0.05) is 5.57 Å². The Morgan fingerprint density at radius 2 is 1.77 bits per heavy atom. The van der Waals surface area contributed by atoms with E-state index in [1.54, 1.807) is 7.11 Å². The smallest absolute Gasteiger partial charge is 0.258 e. The highest BCUT2D eigenvalue weighted by Gasteiger charge is 2.15. The standard InChI is InChI=1S/C25H22N2O3S/c1-3-30-20-13-14-22-23(16-20)31-25(26-22)27-24(28)21(18-7-5-4-6-8-18)15-17-9-11-19(29-2)12-10-17/h4-16H,3H2,1-2H3,(H,26,27,28)/b21-15+. The van der Waals surface area contributed by atoms with Crippen molar-refractivity contribution in [2.45, 2.75) is 6.92 Å². The number of fused-ring (bicyclic) bond motifs is 1. The molecular weight excluding hydrogens is 408 g/mol. The first-order valence-corrected chi connectivity index (χ1v) is 10.7. The Balaban J connectivity index is 1.64. The third-order valence-electron chi connectivity index (χ3n) is 4.65. The highest BCUT2D eigenvalue weighted by molar-refractivity contribution is 7.22. The molecule has 0 spiro atoms. The maximum atomic E-state index is 13.2. The zero-order valence-electron chi connectivity index (χ0n) is 17.3. The van der Waals surface area contributed by atoms with Crippen molar-refractivity contribution in [2.24, 2.45) is 0 Å². The van der Waals surface area contributed by atoms with Crippen LogP contribution < -0.4 is 14.8 Å². The fraction of sp³-hybridized carbons (Fsp3) is 0.120. The number of methoxy groups -OCH3 is 1. The van der Waals surface area contributed by atoms with Crippen molar-refractivity contribution < 1.29 is 14.3 Å². The number of rotatable bonds is 7. The molecule has 1 aromatic heterocycles. The Labute approximate surface area is 185 Å². The highest BCUT2D eigenvalue weighted by Crippen LogP contribution is 2.30. The van der Waals surface area contributed by atoms with Gasteiger partial charge in [0.25, 0.3) is 5.91 Å². The molecule has 0 atom stereocenters. The number of carbonyl (C=O) groups is 1. The molecule has 1 amide bonds. The number of hydrogen-bond donors (Lipinski definition) is 1. The Morgan fingerprint density at radius 3 is 2.48 bits per heavy atom. The molecule has 5 nitrogen and oxygen atoms in total. The van der Waals surface area contributed by atoms with Crippen LogP contribution in [0.1, 0.15) is 18.1 Å². The molecule has 0 aliphatic carbocycles. The molecular formula is C25H22N2O3S. The summed E-state index contributed by atoms with van der Waals surface area (Å²) in [5.41, 5.74) is 3.11. The predicted octanol–water partition coefficient (Wildman–Crippen LogP) is 5.88. The van der Waals surface area contributed by atoms with Gasteiger partial charge in [-0.3, -0.25) is 10.1 Å². The molecule has 0 aliphatic rings. The number of carbonyl (C=O) groups excluding carboxylic acids is 1. The van der Waals surface area contributed by atoms with Gasteiger partial charge in [0.15, 0.2) is 5.13 Å². The van der Waals surface area contributed by atoms with Crippen LogP contribution in [0.4, 0.5) is 5.13 Å². The van der Waals surface area contributed by atoms with Crippen molar-refractivity contribution in [2.75, 3.05) is 19.0 Å². The quantitative estimate of drug-likeness (QED) is 0.294. The second-order valence-corrected chi connectivity index (χ2v) is 7.76. The van der Waals surface area contributed by atoms with Crippen LogP contribution >= 0.6 is 11.3 Å². The molecule has 0 radical (unpaired) electrons. The van der Waals surface area contributed by atoms with Crippen LogP contribution in [-0.4, -0.2) is 24.6 Å². The van der Waals surface area contributed by atoms with Gasteiger partial charge in [0.2, 0.25) is 0 Å². The van der Waals surface area contributed by atoms with Gasteiger partial charge in [-0.1, -0.05) is 53.8 Å². The topological polar surface area (TPSA) is 60.5 Å². The van der Waals surface area contributed by atoms with Crippen LogP contribution in [0, 0.1) is 0 Å². The van der Waals surface area contributed by atoms with Gasteiger partial charge >= 0.3 is 0 Å². The number of amides is 1. The molecule has 3 aromatic carbocycles. The van der Waals surface area contributed by atoms with Gasteiger partial charge in [-0.15, -0.1) is 0 Å². The highest BCUT2D eigenvalue weighted by atomic mass is 32.1. The lowest BCUT2D eigenvalue weighted by Gasteiger charge is -2.08. The summed E-state index contributed by atoms with van der Waals surface area (Å²) in [5.74, 6) is 1.34. The maximum Gasteiger partial charge on any atom is 0.258 e. The van der Waals surface area contributed by atoms with E-state index in [-0.39, 0.29) is 5.91 Å². The molecule has 1 heterocycles. The number of hydrogen-bond acceptors (Lipinski definition) is 5. The summed E-state index contributed by atoms with van der Waals surface area (Å²) in [6, 6.07) is 22.9. The normalized spacial score (nSPS) is 11.4. The van der Waals surface area contributed by atoms with Gasteiger partial charge in [-0.25, -0.2) is 4.98 Å². The number of anilines is 1. The minimum absolute atomic E-state index is 0.217. The van der Waals surface area contributed by atoms with Crippen molar-refractivity contribution in [3.63, 3.8) is 0 Å². The second-order valence-electron chi connectivity index (χ2n) is 6.73. The first kappa shape index (κ1) is 20.6. The van der Waals surface area contributed by atoms with E-state index >= 15 is 0 Å². The van der Waals surface area contributed by atoms with Gasteiger partial charge in [-0.2, -0.15) is 0 Å². The van der Waals surface area contributed by atoms with E-state index in [0.717, 1.165) is 32.8 Å². The molecule has 31 heavy (non-hydrogen) atoms. The predicted molar refractivity (Wildman–Crippen MR) is 127 cm³/mol. The van der Waals surface area contributed by atoms with E-state index in [1.807, 2.05) is 85.8 Å².